The molecule has 148 valence electrons. The van der Waals surface area contributed by atoms with Crippen LogP contribution in [0.2, 0.25) is 5.02 Å². The number of nitrogens with one attached hydrogen (secondary N) is 1. The van der Waals surface area contributed by atoms with Crippen LogP contribution in [0.4, 0.5) is 5.69 Å². The molecule has 0 spiro atoms. The Morgan fingerprint density at radius 1 is 1.14 bits per heavy atom. The predicted molar refractivity (Wildman–Crippen MR) is 106 cm³/mol. The highest BCUT2D eigenvalue weighted by Crippen LogP contribution is 2.35. The Morgan fingerprint density at radius 2 is 1.93 bits per heavy atom. The zero-order valence-electron chi connectivity index (χ0n) is 15.4. The topological polar surface area (TPSA) is 66.0 Å². The van der Waals surface area contributed by atoms with Crippen molar-refractivity contribution >= 4 is 23.2 Å². The van der Waals surface area contributed by atoms with E-state index in [1.807, 2.05) is 24.3 Å². The second kappa shape index (κ2) is 8.71. The molecule has 2 aromatic rings. The molecule has 1 fully saturated rings. The predicted octanol–water partition coefficient (Wildman–Crippen LogP) is 3.85. The Morgan fingerprint density at radius 3 is 2.71 bits per heavy atom. The van der Waals surface area contributed by atoms with Crippen molar-refractivity contribution in [2.45, 2.75) is 25.4 Å². The lowest BCUT2D eigenvalue weighted by molar-refractivity contribution is -0.115. The van der Waals surface area contributed by atoms with Crippen LogP contribution in [0.25, 0.3) is 0 Å². The van der Waals surface area contributed by atoms with Gasteiger partial charge < -0.3 is 24.3 Å². The van der Waals surface area contributed by atoms with E-state index in [9.17, 15) is 4.79 Å². The van der Waals surface area contributed by atoms with Crippen molar-refractivity contribution in [2.24, 2.45) is 0 Å². The number of ether oxygens (including phenoxy) is 4. The summed E-state index contributed by atoms with van der Waals surface area (Å²) in [5, 5.41) is 3.38. The Labute approximate surface area is 168 Å². The highest BCUT2D eigenvalue weighted by Gasteiger charge is 2.19. The Hall–Kier alpha value is -2.44. The fourth-order valence-electron chi connectivity index (χ4n) is 3.26. The van der Waals surface area contributed by atoms with E-state index in [4.69, 9.17) is 30.5 Å². The van der Waals surface area contributed by atoms with Crippen LogP contribution >= 0.6 is 11.6 Å². The van der Waals surface area contributed by atoms with Gasteiger partial charge in [-0.25, -0.2) is 0 Å². The van der Waals surface area contributed by atoms with Crippen molar-refractivity contribution < 1.29 is 23.7 Å². The highest BCUT2D eigenvalue weighted by molar-refractivity contribution is 6.31. The molecule has 0 saturated carbocycles. The molecule has 4 rings (SSSR count). The standard InChI is InChI=1S/C21H22ClNO5/c22-16-12-20-19(26-8-9-27-20)10-14(16)11-21(24)23-17-5-1-2-6-18(17)28-13-15-4-3-7-25-15/h1-2,5-6,10,12,15H,3-4,7-9,11,13H2,(H,23,24). The maximum Gasteiger partial charge on any atom is 0.228 e. The van der Waals surface area contributed by atoms with Gasteiger partial charge in [-0.05, 0) is 36.6 Å². The summed E-state index contributed by atoms with van der Waals surface area (Å²) >= 11 is 6.31. The SMILES string of the molecule is O=C(Cc1cc2c(cc1Cl)OCCO2)Nc1ccccc1OCC1CCCO1. The monoisotopic (exact) mass is 403 g/mol. The lowest BCUT2D eigenvalue weighted by atomic mass is 10.1. The van der Waals surface area contributed by atoms with Crippen LogP contribution in [0, 0.1) is 0 Å². The average molecular weight is 404 g/mol. The van der Waals surface area contributed by atoms with E-state index in [-0.39, 0.29) is 18.4 Å². The number of rotatable bonds is 6. The number of para-hydroxylation sites is 2. The highest BCUT2D eigenvalue weighted by atomic mass is 35.5. The summed E-state index contributed by atoms with van der Waals surface area (Å²) < 4.78 is 22.5. The van der Waals surface area contributed by atoms with Crippen molar-refractivity contribution in [3.63, 3.8) is 0 Å². The van der Waals surface area contributed by atoms with Crippen LogP contribution in [-0.4, -0.2) is 38.4 Å². The second-order valence-corrected chi connectivity index (χ2v) is 7.16. The maximum atomic E-state index is 12.6. The lowest BCUT2D eigenvalue weighted by Gasteiger charge is -2.20. The van der Waals surface area contributed by atoms with Crippen molar-refractivity contribution in [1.82, 2.24) is 0 Å². The van der Waals surface area contributed by atoms with E-state index in [2.05, 4.69) is 5.32 Å². The number of fused-ring (bicyclic) bond motifs is 1. The van der Waals surface area contributed by atoms with E-state index in [0.717, 1.165) is 19.4 Å². The number of carbonyl (C=O) groups excluding carboxylic acids is 1. The molecule has 6 nitrogen and oxygen atoms in total. The summed E-state index contributed by atoms with van der Waals surface area (Å²) in [5.41, 5.74) is 1.31. The van der Waals surface area contributed by atoms with Crippen LogP contribution < -0.4 is 19.5 Å². The van der Waals surface area contributed by atoms with Gasteiger partial charge in [0.25, 0.3) is 0 Å². The summed E-state index contributed by atoms with van der Waals surface area (Å²) in [6, 6.07) is 10.8. The molecule has 1 unspecified atom stereocenters. The Bertz CT molecular complexity index is 851. The number of benzene rings is 2. The number of amides is 1. The molecule has 1 atom stereocenters. The number of hydrogen-bond donors (Lipinski definition) is 1. The fraction of sp³-hybridized carbons (Fsp3) is 0.381. The molecule has 2 aliphatic heterocycles. The second-order valence-electron chi connectivity index (χ2n) is 6.75. The lowest BCUT2D eigenvalue weighted by Crippen LogP contribution is -2.19. The third kappa shape index (κ3) is 4.51. The fourth-order valence-corrected chi connectivity index (χ4v) is 3.48. The number of carbonyl (C=O) groups is 1. The molecule has 0 bridgehead atoms. The van der Waals surface area contributed by atoms with Gasteiger partial charge in [-0.2, -0.15) is 0 Å². The van der Waals surface area contributed by atoms with Gasteiger partial charge in [0, 0.05) is 17.7 Å². The molecule has 0 aromatic heterocycles. The summed E-state index contributed by atoms with van der Waals surface area (Å²) in [4.78, 5) is 12.6. The van der Waals surface area contributed by atoms with Gasteiger partial charge in [0.2, 0.25) is 5.91 Å². The average Bonchev–Trinajstić information content (AvgIpc) is 3.21. The first kappa shape index (κ1) is 18.9. The van der Waals surface area contributed by atoms with Gasteiger partial charge in [0.05, 0.1) is 18.2 Å². The molecule has 0 aliphatic carbocycles. The van der Waals surface area contributed by atoms with Crippen LogP contribution in [0.3, 0.4) is 0 Å². The number of halogens is 1. The van der Waals surface area contributed by atoms with Gasteiger partial charge in [-0.1, -0.05) is 23.7 Å². The first-order valence-corrected chi connectivity index (χ1v) is 9.78. The molecular weight excluding hydrogens is 382 g/mol. The van der Waals surface area contributed by atoms with Crippen LogP contribution in [-0.2, 0) is 16.0 Å². The normalized spacial score (nSPS) is 18.0. The van der Waals surface area contributed by atoms with Crippen molar-refractivity contribution in [3.05, 3.63) is 47.0 Å². The first-order chi connectivity index (χ1) is 13.7. The van der Waals surface area contributed by atoms with E-state index < -0.39 is 0 Å². The molecule has 2 heterocycles. The summed E-state index contributed by atoms with van der Waals surface area (Å²) in [6.07, 6.45) is 2.29. The minimum atomic E-state index is -0.188. The summed E-state index contributed by atoms with van der Waals surface area (Å²) in [6.45, 7) is 2.23. The smallest absolute Gasteiger partial charge is 0.228 e. The zero-order valence-corrected chi connectivity index (χ0v) is 16.2. The maximum absolute atomic E-state index is 12.6. The van der Waals surface area contributed by atoms with Crippen molar-refractivity contribution in [2.75, 3.05) is 31.7 Å². The third-order valence-corrected chi connectivity index (χ3v) is 5.02. The molecule has 28 heavy (non-hydrogen) atoms. The molecular formula is C21H22ClNO5. The molecule has 1 N–H and O–H groups in total. The quantitative estimate of drug-likeness (QED) is 0.793. The molecule has 0 radical (unpaired) electrons. The van der Waals surface area contributed by atoms with Gasteiger partial charge in [-0.15, -0.1) is 0 Å². The van der Waals surface area contributed by atoms with Crippen LogP contribution in [0.1, 0.15) is 18.4 Å². The molecule has 1 saturated heterocycles. The van der Waals surface area contributed by atoms with E-state index >= 15 is 0 Å². The molecule has 1 amide bonds. The zero-order chi connectivity index (χ0) is 19.3. The van der Waals surface area contributed by atoms with E-state index in [0.29, 0.717) is 53.3 Å². The first-order valence-electron chi connectivity index (χ1n) is 9.40. The van der Waals surface area contributed by atoms with Crippen LogP contribution in [0.15, 0.2) is 36.4 Å². The van der Waals surface area contributed by atoms with Crippen molar-refractivity contribution in [3.8, 4) is 17.2 Å². The van der Waals surface area contributed by atoms with E-state index in [1.165, 1.54) is 0 Å². The molecule has 2 aliphatic rings. The largest absolute Gasteiger partial charge is 0.489 e. The van der Waals surface area contributed by atoms with Gasteiger partial charge in [-0.3, -0.25) is 4.79 Å². The summed E-state index contributed by atoms with van der Waals surface area (Å²) in [5.74, 6) is 1.65. The van der Waals surface area contributed by atoms with Gasteiger partial charge in [0.1, 0.15) is 25.6 Å². The Kier molecular flexibility index (Phi) is 5.88. The summed E-state index contributed by atoms with van der Waals surface area (Å²) in [7, 11) is 0. The van der Waals surface area contributed by atoms with Gasteiger partial charge in [0.15, 0.2) is 11.5 Å². The van der Waals surface area contributed by atoms with Crippen molar-refractivity contribution in [1.29, 1.82) is 0 Å². The minimum absolute atomic E-state index is 0.111. The molecule has 2 aromatic carbocycles. The minimum Gasteiger partial charge on any atom is -0.489 e. The Balaban J connectivity index is 1.41. The molecule has 7 heteroatoms. The van der Waals surface area contributed by atoms with Gasteiger partial charge >= 0.3 is 0 Å². The number of hydrogen-bond acceptors (Lipinski definition) is 5. The van der Waals surface area contributed by atoms with E-state index in [1.54, 1.807) is 12.1 Å². The third-order valence-electron chi connectivity index (χ3n) is 4.67. The number of anilines is 1. The van der Waals surface area contributed by atoms with Crippen LogP contribution in [0.5, 0.6) is 17.2 Å².